The fourth-order valence-corrected chi connectivity index (χ4v) is 1.62. The molecule has 0 atom stereocenters. The lowest BCUT2D eigenvalue weighted by atomic mass is 9.85. The van der Waals surface area contributed by atoms with Gasteiger partial charge in [0.05, 0.1) is 15.5 Å². The third-order valence-electron chi connectivity index (χ3n) is 2.50. The van der Waals surface area contributed by atoms with Crippen molar-refractivity contribution in [2.45, 2.75) is 19.3 Å². The summed E-state index contributed by atoms with van der Waals surface area (Å²) < 4.78 is 4.80. The molecule has 0 heterocycles. The molecule has 1 rings (SSSR count). The molecule has 0 aliphatic rings. The van der Waals surface area contributed by atoms with Gasteiger partial charge in [-0.1, -0.05) is 29.3 Å². The Labute approximate surface area is 115 Å². The topological polar surface area (TPSA) is 69.4 Å². The first-order chi connectivity index (χ1) is 8.25. The second-order valence-electron chi connectivity index (χ2n) is 4.30. The first-order valence-electron chi connectivity index (χ1n) is 5.16. The van der Waals surface area contributed by atoms with E-state index >= 15 is 0 Å². The zero-order valence-electron chi connectivity index (χ0n) is 10.00. The maximum Gasteiger partial charge on any atom is 0.316 e. The van der Waals surface area contributed by atoms with E-state index in [0.717, 1.165) is 0 Å². The van der Waals surface area contributed by atoms with Crippen molar-refractivity contribution in [1.82, 2.24) is 0 Å². The fourth-order valence-electron chi connectivity index (χ4n) is 1.32. The molecule has 18 heavy (non-hydrogen) atoms. The van der Waals surface area contributed by atoms with E-state index in [1.165, 1.54) is 0 Å². The number of ether oxygens (including phenoxy) is 1. The van der Waals surface area contributed by atoms with E-state index < -0.39 is 23.9 Å². The Morgan fingerprint density at radius 3 is 2.39 bits per heavy atom. The minimum Gasteiger partial charge on any atom is -0.455 e. The molecule has 4 nitrogen and oxygen atoms in total. The smallest absolute Gasteiger partial charge is 0.316 e. The van der Waals surface area contributed by atoms with Crippen molar-refractivity contribution in [3.8, 4) is 0 Å². The van der Waals surface area contributed by atoms with E-state index in [1.54, 1.807) is 32.0 Å². The van der Waals surface area contributed by atoms with Crippen LogP contribution in [0.2, 0.25) is 10.0 Å². The van der Waals surface area contributed by atoms with Gasteiger partial charge in [0.2, 0.25) is 0 Å². The summed E-state index contributed by atoms with van der Waals surface area (Å²) in [6.45, 7) is 2.88. The Hall–Kier alpha value is -1.26. The van der Waals surface area contributed by atoms with Gasteiger partial charge in [-0.15, -0.1) is 0 Å². The number of benzene rings is 1. The standard InChI is InChI=1S/C12H13Cl2NO3/c1-12(2,11(17)18-6-10(15)16)7-3-4-8(13)9(14)5-7/h3-5H,6H2,1-2H3,(H2,15,16). The highest BCUT2D eigenvalue weighted by Gasteiger charge is 2.32. The Kier molecular flexibility index (Phi) is 4.59. The van der Waals surface area contributed by atoms with Crippen LogP contribution in [0.25, 0.3) is 0 Å². The van der Waals surface area contributed by atoms with Crippen molar-refractivity contribution in [2.75, 3.05) is 6.61 Å². The van der Waals surface area contributed by atoms with Crippen LogP contribution in [0.5, 0.6) is 0 Å². The number of hydrogen-bond donors (Lipinski definition) is 1. The minimum absolute atomic E-state index is 0.352. The summed E-state index contributed by atoms with van der Waals surface area (Å²) in [7, 11) is 0. The quantitative estimate of drug-likeness (QED) is 0.865. The van der Waals surface area contributed by atoms with Gasteiger partial charge in [0.25, 0.3) is 5.91 Å². The lowest BCUT2D eigenvalue weighted by molar-refractivity contribution is -0.152. The summed E-state index contributed by atoms with van der Waals surface area (Å²) in [5, 5.41) is 0.756. The van der Waals surface area contributed by atoms with Gasteiger partial charge in [-0.2, -0.15) is 0 Å². The number of hydrogen-bond acceptors (Lipinski definition) is 3. The van der Waals surface area contributed by atoms with Gasteiger partial charge in [-0.05, 0) is 31.5 Å². The zero-order valence-corrected chi connectivity index (χ0v) is 11.5. The van der Waals surface area contributed by atoms with Crippen molar-refractivity contribution in [2.24, 2.45) is 5.73 Å². The molecule has 0 aliphatic carbocycles. The average molecular weight is 290 g/mol. The summed E-state index contributed by atoms with van der Waals surface area (Å²) in [5.74, 6) is -1.26. The summed E-state index contributed by atoms with van der Waals surface area (Å²) in [4.78, 5) is 22.4. The molecule has 0 saturated carbocycles. The normalized spacial score (nSPS) is 11.1. The Bertz CT molecular complexity index is 486. The van der Waals surface area contributed by atoms with Crippen LogP contribution in [0.1, 0.15) is 19.4 Å². The summed E-state index contributed by atoms with van der Waals surface area (Å²) in [5.41, 5.74) is 4.62. The second-order valence-corrected chi connectivity index (χ2v) is 5.11. The molecule has 0 bridgehead atoms. The first-order valence-corrected chi connectivity index (χ1v) is 5.92. The van der Waals surface area contributed by atoms with Gasteiger partial charge < -0.3 is 10.5 Å². The van der Waals surface area contributed by atoms with Crippen molar-refractivity contribution in [1.29, 1.82) is 0 Å². The second kappa shape index (κ2) is 5.59. The molecule has 98 valence electrons. The van der Waals surface area contributed by atoms with Crippen LogP contribution < -0.4 is 5.73 Å². The maximum atomic E-state index is 11.9. The van der Waals surface area contributed by atoms with Gasteiger partial charge >= 0.3 is 5.97 Å². The zero-order chi connectivity index (χ0) is 13.9. The third kappa shape index (κ3) is 3.37. The van der Waals surface area contributed by atoms with Crippen molar-refractivity contribution in [3.05, 3.63) is 33.8 Å². The van der Waals surface area contributed by atoms with Crippen LogP contribution in [-0.4, -0.2) is 18.5 Å². The molecule has 0 spiro atoms. The monoisotopic (exact) mass is 289 g/mol. The van der Waals surface area contributed by atoms with Crippen LogP contribution in [0.4, 0.5) is 0 Å². The fraction of sp³-hybridized carbons (Fsp3) is 0.333. The SMILES string of the molecule is CC(C)(C(=O)OCC(N)=O)c1ccc(Cl)c(Cl)c1. The molecule has 1 aromatic rings. The largest absolute Gasteiger partial charge is 0.455 e. The van der Waals surface area contributed by atoms with Gasteiger partial charge in [-0.25, -0.2) is 0 Å². The molecule has 0 fully saturated rings. The average Bonchev–Trinajstić information content (AvgIpc) is 2.29. The number of esters is 1. The summed E-state index contributed by atoms with van der Waals surface area (Å²) in [6.07, 6.45) is 0. The van der Waals surface area contributed by atoms with E-state index in [2.05, 4.69) is 0 Å². The molecule has 1 amide bonds. The molecule has 0 unspecified atom stereocenters. The minimum atomic E-state index is -0.941. The molecule has 0 aromatic heterocycles. The lowest BCUT2D eigenvalue weighted by Crippen LogP contribution is -2.33. The Balaban J connectivity index is 2.93. The van der Waals surface area contributed by atoms with Crippen LogP contribution in [0, 0.1) is 0 Å². The predicted octanol–water partition coefficient (Wildman–Crippen LogP) is 2.30. The van der Waals surface area contributed by atoms with E-state index in [4.69, 9.17) is 33.7 Å². The molecule has 1 aromatic carbocycles. The summed E-state index contributed by atoms with van der Waals surface area (Å²) in [6, 6.07) is 4.87. The van der Waals surface area contributed by atoms with Gasteiger partial charge in [0.15, 0.2) is 6.61 Å². The summed E-state index contributed by atoms with van der Waals surface area (Å²) >= 11 is 11.7. The molecule has 2 N–H and O–H groups in total. The van der Waals surface area contributed by atoms with Gasteiger partial charge in [0.1, 0.15) is 0 Å². The van der Waals surface area contributed by atoms with Crippen LogP contribution in [0.3, 0.4) is 0 Å². The lowest BCUT2D eigenvalue weighted by Gasteiger charge is -2.23. The van der Waals surface area contributed by atoms with E-state index in [9.17, 15) is 9.59 Å². The Morgan fingerprint density at radius 2 is 1.89 bits per heavy atom. The number of carbonyl (C=O) groups is 2. The van der Waals surface area contributed by atoms with Crippen molar-refractivity contribution >= 4 is 35.1 Å². The maximum absolute atomic E-state index is 11.9. The number of primary amides is 1. The number of nitrogens with two attached hydrogens (primary N) is 1. The molecule has 6 heteroatoms. The molecule has 0 radical (unpaired) electrons. The number of amides is 1. The van der Waals surface area contributed by atoms with Gasteiger partial charge in [-0.3, -0.25) is 9.59 Å². The highest BCUT2D eigenvalue weighted by Crippen LogP contribution is 2.30. The number of halogens is 2. The van der Waals surface area contributed by atoms with Crippen molar-refractivity contribution in [3.63, 3.8) is 0 Å². The number of rotatable bonds is 4. The first kappa shape index (κ1) is 14.8. The van der Waals surface area contributed by atoms with Crippen LogP contribution >= 0.6 is 23.2 Å². The van der Waals surface area contributed by atoms with E-state index in [-0.39, 0.29) is 0 Å². The third-order valence-corrected chi connectivity index (χ3v) is 3.24. The molecular formula is C12H13Cl2NO3. The predicted molar refractivity (Wildman–Crippen MR) is 69.6 cm³/mol. The molecule has 0 aliphatic heterocycles. The molecular weight excluding hydrogens is 277 g/mol. The van der Waals surface area contributed by atoms with Crippen molar-refractivity contribution < 1.29 is 14.3 Å². The van der Waals surface area contributed by atoms with Crippen LogP contribution in [0.15, 0.2) is 18.2 Å². The van der Waals surface area contributed by atoms with Crippen LogP contribution in [-0.2, 0) is 19.7 Å². The highest BCUT2D eigenvalue weighted by atomic mass is 35.5. The van der Waals surface area contributed by atoms with E-state index in [1.807, 2.05) is 0 Å². The Morgan fingerprint density at radius 1 is 1.28 bits per heavy atom. The number of carbonyl (C=O) groups excluding carboxylic acids is 2. The highest BCUT2D eigenvalue weighted by molar-refractivity contribution is 6.42. The molecule has 0 saturated heterocycles. The van der Waals surface area contributed by atoms with Gasteiger partial charge in [0, 0.05) is 0 Å². The van der Waals surface area contributed by atoms with E-state index in [0.29, 0.717) is 15.6 Å².